The Labute approximate surface area is 241 Å². The molecule has 5 rings (SSSR count). The number of hydrogen-bond donors (Lipinski definition) is 6. The molecule has 0 saturated carbocycles. The number of rotatable bonds is 0. The van der Waals surface area contributed by atoms with Gasteiger partial charge in [-0.25, -0.2) is 19.2 Å². The summed E-state index contributed by atoms with van der Waals surface area (Å²) in [7, 11) is 1.39. The number of imide groups is 2. The van der Waals surface area contributed by atoms with Gasteiger partial charge in [-0.05, 0) is 33.0 Å². The maximum absolute atomic E-state index is 10.1. The van der Waals surface area contributed by atoms with Crippen molar-refractivity contribution in [2.24, 2.45) is 17.2 Å². The summed E-state index contributed by atoms with van der Waals surface area (Å²) in [5, 5.41) is 15.6. The summed E-state index contributed by atoms with van der Waals surface area (Å²) in [5.41, 5.74) is 13.4. The van der Waals surface area contributed by atoms with Crippen LogP contribution in [0, 0.1) is 0 Å². The Morgan fingerprint density at radius 3 is 1.59 bits per heavy atom. The lowest BCUT2D eigenvalue weighted by Gasteiger charge is -2.18. The average Bonchev–Trinajstić information content (AvgIpc) is 2.86. The molecule has 8 amide bonds. The van der Waals surface area contributed by atoms with Crippen molar-refractivity contribution in [2.75, 3.05) is 7.05 Å². The Morgan fingerprint density at radius 2 is 1.10 bits per heavy atom. The van der Waals surface area contributed by atoms with Crippen molar-refractivity contribution in [2.45, 2.75) is 0 Å². The molecule has 0 unspecified atom stereocenters. The van der Waals surface area contributed by atoms with Gasteiger partial charge in [0, 0.05) is 23.2 Å². The Morgan fingerprint density at radius 1 is 0.590 bits per heavy atom. The molecule has 5 aromatic rings. The third-order valence-corrected chi connectivity index (χ3v) is 7.05. The van der Waals surface area contributed by atoms with Crippen LogP contribution in [-0.4, -0.2) is 31.2 Å². The van der Waals surface area contributed by atoms with Crippen LogP contribution in [0.2, 0.25) is 20.1 Å². The van der Waals surface area contributed by atoms with Crippen LogP contribution in [0.3, 0.4) is 0 Å². The van der Waals surface area contributed by atoms with Gasteiger partial charge >= 0.3 is 24.1 Å². The molecule has 0 aromatic heterocycles. The van der Waals surface area contributed by atoms with Crippen molar-refractivity contribution in [1.29, 1.82) is 0 Å². The van der Waals surface area contributed by atoms with E-state index in [-0.39, 0.29) is 0 Å². The smallest absolute Gasteiger partial charge is 0.322 e. The zero-order valence-electron chi connectivity index (χ0n) is 20.0. The van der Waals surface area contributed by atoms with Crippen LogP contribution in [0.5, 0.6) is 0 Å². The molecule has 0 heterocycles. The van der Waals surface area contributed by atoms with Crippen molar-refractivity contribution < 1.29 is 19.2 Å². The highest BCUT2D eigenvalue weighted by molar-refractivity contribution is 6.57. The van der Waals surface area contributed by atoms with E-state index in [1.165, 1.54) is 17.8 Å². The quantitative estimate of drug-likeness (QED) is 0.0707. The molecule has 9 N–H and O–H groups in total. The molecule has 5 aromatic carbocycles. The van der Waals surface area contributed by atoms with Crippen molar-refractivity contribution in [3.8, 4) is 0 Å². The number of fused-ring (bicyclic) bond motifs is 2. The second kappa shape index (κ2) is 12.3. The number of urea groups is 4. The number of primary amides is 3. The van der Waals surface area contributed by atoms with Crippen LogP contribution in [0.15, 0.2) is 48.5 Å². The topological polar surface area (TPSA) is 182 Å². The minimum atomic E-state index is -0.938. The van der Waals surface area contributed by atoms with Crippen molar-refractivity contribution in [3.63, 3.8) is 0 Å². The molecule has 14 heteroatoms. The fourth-order valence-electron chi connectivity index (χ4n) is 4.02. The third-order valence-electron chi connectivity index (χ3n) is 5.40. The van der Waals surface area contributed by atoms with Gasteiger partial charge in [0.15, 0.2) is 0 Å². The van der Waals surface area contributed by atoms with E-state index in [4.69, 9.17) is 46.4 Å². The number of amides is 8. The standard InChI is InChI=1S/C20H8Cl4.C3H7N3O2.C2H5N3O2/c21-13-8-7-11-10-5-1-3-9-4-2-6-12(14(9)10)16-15(11)17(13)19(23)20(24)18(16)22;1-5-3(8)6-2(4)7;3-1(6)5-2(4)7/h1-8H;1H3,(H4,4,5,6,7,8);(H5,3,4,5,6,7). The second-order valence-electron chi connectivity index (χ2n) is 7.79. The summed E-state index contributed by atoms with van der Waals surface area (Å²) in [6.45, 7) is 0. The molecular formula is C25H20Cl4N6O4. The molecule has 0 radical (unpaired) electrons. The van der Waals surface area contributed by atoms with Crippen LogP contribution in [0.4, 0.5) is 19.2 Å². The molecule has 0 aliphatic heterocycles. The fraction of sp³-hybridized carbons (Fsp3) is 0.0400. The molecule has 39 heavy (non-hydrogen) atoms. The van der Waals surface area contributed by atoms with Gasteiger partial charge in [0.1, 0.15) is 0 Å². The van der Waals surface area contributed by atoms with Gasteiger partial charge in [-0.15, -0.1) is 0 Å². The maximum Gasteiger partial charge on any atom is 0.322 e. The number of nitrogens with one attached hydrogen (secondary N) is 3. The SMILES string of the molecule is CNC(=O)NC(N)=O.Clc1c(Cl)c2c(Cl)ccc3c4cccc5cccc(c(c1Cl)c23)c54.NC(=O)NC(N)=O. The molecular weight excluding hydrogens is 590 g/mol. The lowest BCUT2D eigenvalue weighted by molar-refractivity contribution is 0.232. The largest absolute Gasteiger partial charge is 0.351 e. The Kier molecular flexibility index (Phi) is 9.31. The highest BCUT2D eigenvalue weighted by Gasteiger charge is 2.21. The van der Waals surface area contributed by atoms with E-state index in [1.54, 1.807) is 10.6 Å². The first-order valence-electron chi connectivity index (χ1n) is 10.8. The van der Waals surface area contributed by atoms with Crippen molar-refractivity contribution in [1.82, 2.24) is 16.0 Å². The van der Waals surface area contributed by atoms with Crippen LogP contribution in [0.25, 0.3) is 43.1 Å². The lowest BCUT2D eigenvalue weighted by atomic mass is 9.90. The first kappa shape index (κ1) is 29.6. The first-order chi connectivity index (χ1) is 18.4. The van der Waals surface area contributed by atoms with Crippen LogP contribution < -0.4 is 33.2 Å². The van der Waals surface area contributed by atoms with Gasteiger partial charge in [-0.2, -0.15) is 0 Å². The van der Waals surface area contributed by atoms with E-state index in [9.17, 15) is 19.2 Å². The number of hydrogen-bond acceptors (Lipinski definition) is 4. The summed E-state index contributed by atoms with van der Waals surface area (Å²) in [4.78, 5) is 39.2. The van der Waals surface area contributed by atoms with Crippen molar-refractivity contribution in [3.05, 3.63) is 68.6 Å². The molecule has 10 nitrogen and oxygen atoms in total. The molecule has 0 bridgehead atoms. The Hall–Kier alpha value is -3.96. The number of nitrogens with two attached hydrogens (primary N) is 3. The van der Waals surface area contributed by atoms with Gasteiger partial charge in [-0.1, -0.05) is 88.9 Å². The molecule has 0 spiro atoms. The van der Waals surface area contributed by atoms with Gasteiger partial charge in [0.2, 0.25) is 0 Å². The minimum Gasteiger partial charge on any atom is -0.351 e. The predicted molar refractivity (Wildman–Crippen MR) is 157 cm³/mol. The van der Waals surface area contributed by atoms with E-state index in [2.05, 4.69) is 52.8 Å². The van der Waals surface area contributed by atoms with Crippen LogP contribution in [0.1, 0.15) is 0 Å². The zero-order valence-corrected chi connectivity index (χ0v) is 23.0. The third kappa shape index (κ3) is 6.21. The normalized spacial score (nSPS) is 10.4. The van der Waals surface area contributed by atoms with E-state index < -0.39 is 24.1 Å². The maximum atomic E-state index is 10.1. The Bertz CT molecular complexity index is 1750. The number of carbonyl (C=O) groups is 4. The van der Waals surface area contributed by atoms with Gasteiger partial charge < -0.3 is 22.5 Å². The molecule has 0 atom stereocenters. The predicted octanol–water partition coefficient (Wildman–Crippen LogP) is 6.08. The van der Waals surface area contributed by atoms with Gasteiger partial charge in [0.05, 0.1) is 20.1 Å². The minimum absolute atomic E-state index is 0.344. The molecule has 0 aliphatic rings. The molecule has 202 valence electrons. The number of carbonyl (C=O) groups excluding carboxylic acids is 4. The highest BCUT2D eigenvalue weighted by Crippen LogP contribution is 2.50. The summed E-state index contributed by atoms with van der Waals surface area (Å²) in [6, 6.07) is 13.0. The summed E-state index contributed by atoms with van der Waals surface area (Å²) in [5.74, 6) is 0. The average molecular weight is 610 g/mol. The lowest BCUT2D eigenvalue weighted by Crippen LogP contribution is -2.40. The van der Waals surface area contributed by atoms with Crippen LogP contribution >= 0.6 is 46.4 Å². The molecule has 0 fully saturated rings. The second-order valence-corrected chi connectivity index (χ2v) is 9.33. The van der Waals surface area contributed by atoms with E-state index in [0.29, 0.717) is 20.1 Å². The van der Waals surface area contributed by atoms with Crippen molar-refractivity contribution >= 4 is 114 Å². The summed E-state index contributed by atoms with van der Waals surface area (Å²) < 4.78 is 0. The van der Waals surface area contributed by atoms with Gasteiger partial charge in [0.25, 0.3) is 0 Å². The number of benzene rings is 5. The first-order valence-corrected chi connectivity index (χ1v) is 12.3. The molecule has 0 saturated heterocycles. The monoisotopic (exact) mass is 608 g/mol. The van der Waals surface area contributed by atoms with E-state index in [1.807, 2.05) is 18.2 Å². The highest BCUT2D eigenvalue weighted by atomic mass is 35.5. The zero-order chi connectivity index (χ0) is 29.0. The summed E-state index contributed by atoms with van der Waals surface area (Å²) in [6.07, 6.45) is 0. The number of halogens is 4. The fourth-order valence-corrected chi connectivity index (χ4v) is 5.14. The summed E-state index contributed by atoms with van der Waals surface area (Å²) >= 11 is 26.0. The Balaban J connectivity index is 0.000000234. The van der Waals surface area contributed by atoms with E-state index >= 15 is 0 Å². The van der Waals surface area contributed by atoms with Crippen LogP contribution in [-0.2, 0) is 0 Å². The van der Waals surface area contributed by atoms with Gasteiger partial charge in [-0.3, -0.25) is 10.6 Å². The molecule has 0 aliphatic carbocycles. The van der Waals surface area contributed by atoms with E-state index in [0.717, 1.165) is 32.3 Å².